The SMILES string of the molecule is CCC(=O)Oc1cccc(CC)c1COc1cc(F)c(C)cc1C1CC1. The monoisotopic (exact) mass is 356 g/mol. The van der Waals surface area contributed by atoms with Gasteiger partial charge < -0.3 is 9.47 Å². The normalized spacial score (nSPS) is 13.5. The summed E-state index contributed by atoms with van der Waals surface area (Å²) in [5.41, 5.74) is 3.63. The largest absolute Gasteiger partial charge is 0.488 e. The summed E-state index contributed by atoms with van der Waals surface area (Å²) in [4.78, 5) is 11.7. The number of aryl methyl sites for hydroxylation is 2. The van der Waals surface area contributed by atoms with Gasteiger partial charge >= 0.3 is 5.97 Å². The lowest BCUT2D eigenvalue weighted by molar-refractivity contribution is -0.134. The summed E-state index contributed by atoms with van der Waals surface area (Å²) in [6.07, 6.45) is 3.35. The number of rotatable bonds is 7. The van der Waals surface area contributed by atoms with Gasteiger partial charge in [-0.15, -0.1) is 0 Å². The number of ether oxygens (including phenoxy) is 2. The van der Waals surface area contributed by atoms with Crippen molar-refractivity contribution >= 4 is 5.97 Å². The minimum atomic E-state index is -0.278. The third kappa shape index (κ3) is 4.06. The maximum atomic E-state index is 14.1. The molecule has 0 heterocycles. The van der Waals surface area contributed by atoms with E-state index in [0.717, 1.165) is 36.0 Å². The molecule has 4 heteroatoms. The van der Waals surface area contributed by atoms with Crippen molar-refractivity contribution in [3.8, 4) is 11.5 Å². The highest BCUT2D eigenvalue weighted by Gasteiger charge is 2.28. The highest BCUT2D eigenvalue weighted by atomic mass is 19.1. The molecule has 1 fully saturated rings. The Balaban J connectivity index is 1.88. The van der Waals surface area contributed by atoms with Gasteiger partial charge in [0.2, 0.25) is 0 Å². The summed E-state index contributed by atoms with van der Waals surface area (Å²) >= 11 is 0. The third-order valence-corrected chi connectivity index (χ3v) is 4.80. The Morgan fingerprint density at radius 2 is 1.96 bits per heavy atom. The van der Waals surface area contributed by atoms with Crippen LogP contribution in [0.15, 0.2) is 30.3 Å². The molecule has 3 nitrogen and oxygen atoms in total. The molecule has 2 aromatic carbocycles. The van der Waals surface area contributed by atoms with Crippen molar-refractivity contribution in [3.05, 3.63) is 58.4 Å². The van der Waals surface area contributed by atoms with Crippen LogP contribution in [-0.4, -0.2) is 5.97 Å². The van der Waals surface area contributed by atoms with Gasteiger partial charge in [-0.3, -0.25) is 4.79 Å². The molecule has 0 spiro atoms. The highest BCUT2D eigenvalue weighted by Crippen LogP contribution is 2.45. The maximum absolute atomic E-state index is 14.1. The molecular weight excluding hydrogens is 331 g/mol. The molecule has 0 saturated heterocycles. The van der Waals surface area contributed by atoms with Crippen LogP contribution in [0.5, 0.6) is 11.5 Å². The first-order valence-corrected chi connectivity index (χ1v) is 9.27. The zero-order valence-electron chi connectivity index (χ0n) is 15.6. The lowest BCUT2D eigenvalue weighted by Crippen LogP contribution is -2.10. The quantitative estimate of drug-likeness (QED) is 0.487. The minimum Gasteiger partial charge on any atom is -0.488 e. The van der Waals surface area contributed by atoms with Crippen molar-refractivity contribution in [2.45, 2.75) is 59.0 Å². The van der Waals surface area contributed by atoms with Crippen molar-refractivity contribution in [2.24, 2.45) is 0 Å². The second-order valence-corrected chi connectivity index (χ2v) is 6.78. The maximum Gasteiger partial charge on any atom is 0.310 e. The van der Waals surface area contributed by atoms with Gasteiger partial charge in [0.15, 0.2) is 0 Å². The fourth-order valence-corrected chi connectivity index (χ4v) is 3.07. The highest BCUT2D eigenvalue weighted by molar-refractivity contribution is 5.72. The number of hydrogen-bond donors (Lipinski definition) is 0. The first-order chi connectivity index (χ1) is 12.5. The van der Waals surface area contributed by atoms with Crippen molar-refractivity contribution in [1.82, 2.24) is 0 Å². The van der Waals surface area contributed by atoms with Gasteiger partial charge in [0, 0.05) is 18.1 Å². The second kappa shape index (κ2) is 7.90. The van der Waals surface area contributed by atoms with Crippen LogP contribution in [0, 0.1) is 12.7 Å². The van der Waals surface area contributed by atoms with Gasteiger partial charge in [0.1, 0.15) is 23.9 Å². The first kappa shape index (κ1) is 18.4. The Labute approximate surface area is 154 Å². The number of carbonyl (C=O) groups is 1. The Morgan fingerprint density at radius 3 is 2.62 bits per heavy atom. The zero-order valence-corrected chi connectivity index (χ0v) is 15.6. The molecule has 0 amide bonds. The standard InChI is InChI=1S/C22H25FO3/c1-4-15-7-6-8-20(26-22(24)5-2)18(15)13-25-21-12-19(23)14(3)11-17(21)16-9-10-16/h6-8,11-12,16H,4-5,9-10,13H2,1-3H3. The van der Waals surface area contributed by atoms with Gasteiger partial charge in [-0.2, -0.15) is 0 Å². The molecule has 1 aliphatic carbocycles. The van der Waals surface area contributed by atoms with E-state index in [-0.39, 0.29) is 18.4 Å². The number of halogens is 1. The molecule has 0 aromatic heterocycles. The van der Waals surface area contributed by atoms with E-state index in [2.05, 4.69) is 0 Å². The summed E-state index contributed by atoms with van der Waals surface area (Å²) in [7, 11) is 0. The van der Waals surface area contributed by atoms with Crippen LogP contribution in [0.4, 0.5) is 4.39 Å². The van der Waals surface area contributed by atoms with Gasteiger partial charge in [-0.1, -0.05) is 26.0 Å². The number of hydrogen-bond acceptors (Lipinski definition) is 3. The number of esters is 1. The van der Waals surface area contributed by atoms with E-state index in [0.29, 0.717) is 29.4 Å². The van der Waals surface area contributed by atoms with Crippen molar-refractivity contribution in [1.29, 1.82) is 0 Å². The predicted molar refractivity (Wildman–Crippen MR) is 99.2 cm³/mol. The van der Waals surface area contributed by atoms with E-state index in [4.69, 9.17) is 9.47 Å². The summed E-state index contributed by atoms with van der Waals surface area (Å²) in [5.74, 6) is 1.04. The van der Waals surface area contributed by atoms with Gasteiger partial charge in [0.05, 0.1) is 0 Å². The van der Waals surface area contributed by atoms with Crippen LogP contribution in [0.3, 0.4) is 0 Å². The van der Waals surface area contributed by atoms with Crippen LogP contribution < -0.4 is 9.47 Å². The molecule has 0 aliphatic heterocycles. The average molecular weight is 356 g/mol. The van der Waals surface area contributed by atoms with Crippen molar-refractivity contribution < 1.29 is 18.7 Å². The molecule has 26 heavy (non-hydrogen) atoms. The molecular formula is C22H25FO3. The summed E-state index contributed by atoms with van der Waals surface area (Å²) in [5, 5.41) is 0. The van der Waals surface area contributed by atoms with Crippen molar-refractivity contribution in [3.63, 3.8) is 0 Å². The molecule has 0 N–H and O–H groups in total. The Morgan fingerprint density at radius 1 is 1.19 bits per heavy atom. The zero-order chi connectivity index (χ0) is 18.7. The van der Waals surface area contributed by atoms with Gasteiger partial charge in [-0.05, 0) is 60.9 Å². The summed E-state index contributed by atoms with van der Waals surface area (Å²) in [6, 6.07) is 9.03. The second-order valence-electron chi connectivity index (χ2n) is 6.78. The molecule has 1 aliphatic rings. The van der Waals surface area contributed by atoms with E-state index >= 15 is 0 Å². The molecule has 0 radical (unpaired) electrons. The van der Waals surface area contributed by atoms with E-state index in [1.165, 1.54) is 6.07 Å². The number of carbonyl (C=O) groups excluding carboxylic acids is 1. The van der Waals surface area contributed by atoms with Crippen molar-refractivity contribution in [2.75, 3.05) is 0 Å². The smallest absolute Gasteiger partial charge is 0.310 e. The van der Waals surface area contributed by atoms with E-state index in [9.17, 15) is 9.18 Å². The Bertz CT molecular complexity index is 809. The molecule has 138 valence electrons. The van der Waals surface area contributed by atoms with Crippen LogP contribution in [0.1, 0.15) is 61.3 Å². The summed E-state index contributed by atoms with van der Waals surface area (Å²) in [6.45, 7) is 5.84. The fraction of sp³-hybridized carbons (Fsp3) is 0.409. The fourth-order valence-electron chi connectivity index (χ4n) is 3.07. The molecule has 0 unspecified atom stereocenters. The van der Waals surface area contributed by atoms with Crippen LogP contribution in [0.2, 0.25) is 0 Å². The van der Waals surface area contributed by atoms with Crippen LogP contribution >= 0.6 is 0 Å². The molecule has 2 aromatic rings. The van der Waals surface area contributed by atoms with Crippen LogP contribution in [-0.2, 0) is 17.8 Å². The van der Waals surface area contributed by atoms with Crippen LogP contribution in [0.25, 0.3) is 0 Å². The first-order valence-electron chi connectivity index (χ1n) is 9.27. The van der Waals surface area contributed by atoms with E-state index < -0.39 is 0 Å². The molecule has 3 rings (SSSR count). The molecule has 0 atom stereocenters. The predicted octanol–water partition coefficient (Wildman–Crippen LogP) is 5.47. The Kier molecular flexibility index (Phi) is 5.60. The van der Waals surface area contributed by atoms with E-state index in [1.54, 1.807) is 19.9 Å². The molecule has 0 bridgehead atoms. The lowest BCUT2D eigenvalue weighted by atomic mass is 10.0. The number of benzene rings is 2. The average Bonchev–Trinajstić information content (AvgIpc) is 3.47. The summed E-state index contributed by atoms with van der Waals surface area (Å²) < 4.78 is 25.6. The van der Waals surface area contributed by atoms with E-state index in [1.807, 2.05) is 25.1 Å². The topological polar surface area (TPSA) is 35.5 Å². The molecule has 1 saturated carbocycles. The third-order valence-electron chi connectivity index (χ3n) is 4.80. The van der Waals surface area contributed by atoms with Gasteiger partial charge in [0.25, 0.3) is 0 Å². The van der Waals surface area contributed by atoms with Gasteiger partial charge in [-0.25, -0.2) is 4.39 Å². The minimum absolute atomic E-state index is 0.249. The Hall–Kier alpha value is -2.36. The lowest BCUT2D eigenvalue weighted by Gasteiger charge is -2.17.